The van der Waals surface area contributed by atoms with Crippen LogP contribution in [0.2, 0.25) is 0 Å². The fourth-order valence-corrected chi connectivity index (χ4v) is 3.96. The summed E-state index contributed by atoms with van der Waals surface area (Å²) in [5.41, 5.74) is 7.23. The van der Waals surface area contributed by atoms with Crippen LogP contribution < -0.4 is 0 Å². The lowest BCUT2D eigenvalue weighted by Crippen LogP contribution is -2.49. The summed E-state index contributed by atoms with van der Waals surface area (Å²) in [6, 6.07) is 17.7. The summed E-state index contributed by atoms with van der Waals surface area (Å²) in [6.07, 6.45) is 2.23. The van der Waals surface area contributed by atoms with Crippen molar-refractivity contribution in [1.29, 1.82) is 0 Å². The maximum absolute atomic E-state index is 5.03. The molecule has 1 saturated heterocycles. The average Bonchev–Trinajstić information content (AvgIpc) is 3.11. The number of hydrogen-bond acceptors (Lipinski definition) is 3. The Hall–Kier alpha value is -2.43. The molecule has 0 aliphatic carbocycles. The number of aryl methyl sites for hydroxylation is 2. The van der Waals surface area contributed by atoms with Crippen LogP contribution >= 0.6 is 0 Å². The van der Waals surface area contributed by atoms with Crippen LogP contribution in [0.3, 0.4) is 0 Å². The molecule has 2 heterocycles. The van der Waals surface area contributed by atoms with Crippen molar-refractivity contribution in [2.24, 2.45) is 0 Å². The van der Waals surface area contributed by atoms with Gasteiger partial charge in [-0.1, -0.05) is 42.5 Å². The molecule has 1 aliphatic rings. The third-order valence-corrected chi connectivity index (χ3v) is 5.89. The van der Waals surface area contributed by atoms with Crippen LogP contribution in [0.1, 0.15) is 23.6 Å². The number of piperazine rings is 1. The second-order valence-corrected chi connectivity index (χ2v) is 8.17. The van der Waals surface area contributed by atoms with E-state index in [1.807, 2.05) is 0 Å². The van der Waals surface area contributed by atoms with Crippen molar-refractivity contribution in [2.45, 2.75) is 33.4 Å². The van der Waals surface area contributed by atoms with E-state index < -0.39 is 0 Å². The highest BCUT2D eigenvalue weighted by Crippen LogP contribution is 2.26. The topological polar surface area (TPSA) is 24.3 Å². The number of rotatable bonds is 4. The molecular weight excluding hydrogens is 344 g/mol. The Kier molecular flexibility index (Phi) is 5.33. The number of nitrogens with zero attached hydrogens (tertiary/aromatic N) is 4. The zero-order chi connectivity index (χ0) is 19.7. The highest BCUT2D eigenvalue weighted by Gasteiger charge is 2.23. The van der Waals surface area contributed by atoms with Crippen LogP contribution in [0.4, 0.5) is 0 Å². The van der Waals surface area contributed by atoms with Crippen LogP contribution in [0.25, 0.3) is 16.9 Å². The molecule has 3 aromatic rings. The lowest BCUT2D eigenvalue weighted by molar-refractivity contribution is 0.100. The maximum atomic E-state index is 5.03. The van der Waals surface area contributed by atoms with Crippen molar-refractivity contribution in [2.75, 3.05) is 26.7 Å². The predicted octanol–water partition coefficient (Wildman–Crippen LogP) is 4.29. The van der Waals surface area contributed by atoms with E-state index in [0.717, 1.165) is 37.6 Å². The van der Waals surface area contributed by atoms with Gasteiger partial charge in [-0.3, -0.25) is 4.90 Å². The van der Waals surface area contributed by atoms with Gasteiger partial charge in [0.2, 0.25) is 0 Å². The summed E-state index contributed by atoms with van der Waals surface area (Å²) in [4.78, 5) is 5.00. The Morgan fingerprint density at radius 3 is 2.57 bits per heavy atom. The minimum Gasteiger partial charge on any atom is -0.301 e. The quantitative estimate of drug-likeness (QED) is 0.681. The first-order valence-electron chi connectivity index (χ1n) is 10.2. The zero-order valence-corrected chi connectivity index (χ0v) is 17.4. The second kappa shape index (κ2) is 7.90. The first-order chi connectivity index (χ1) is 13.5. The fourth-order valence-electron chi connectivity index (χ4n) is 3.96. The van der Waals surface area contributed by atoms with Gasteiger partial charge in [-0.2, -0.15) is 5.10 Å². The molecule has 146 valence electrons. The molecule has 4 heteroatoms. The van der Waals surface area contributed by atoms with Crippen molar-refractivity contribution < 1.29 is 0 Å². The summed E-state index contributed by atoms with van der Waals surface area (Å²) in [5, 5.41) is 5.03. The van der Waals surface area contributed by atoms with E-state index in [-0.39, 0.29) is 0 Å². The molecule has 0 saturated carbocycles. The van der Waals surface area contributed by atoms with Crippen molar-refractivity contribution in [3.05, 3.63) is 71.4 Å². The molecule has 0 bridgehead atoms. The summed E-state index contributed by atoms with van der Waals surface area (Å²) in [7, 11) is 2.22. The summed E-state index contributed by atoms with van der Waals surface area (Å²) in [6.45, 7) is 10.9. The van der Waals surface area contributed by atoms with E-state index in [0.29, 0.717) is 6.04 Å². The minimum atomic E-state index is 0.586. The van der Waals surface area contributed by atoms with E-state index in [1.165, 1.54) is 22.3 Å². The van der Waals surface area contributed by atoms with E-state index in [9.17, 15) is 0 Å². The Morgan fingerprint density at radius 1 is 1.04 bits per heavy atom. The molecule has 1 aliphatic heterocycles. The molecule has 1 fully saturated rings. The van der Waals surface area contributed by atoms with Crippen molar-refractivity contribution in [3.8, 4) is 16.9 Å². The smallest absolute Gasteiger partial charge is 0.0972 e. The van der Waals surface area contributed by atoms with Crippen LogP contribution in [-0.4, -0.2) is 52.3 Å². The molecule has 0 radical (unpaired) electrons. The number of benzene rings is 2. The standard InChI is InChI=1S/C24H30N4/c1-18-10-11-19(2)23(14-18)28-17-22(16-27-13-12-26(4)20(3)15-27)24(25-28)21-8-6-5-7-9-21/h5-11,14,17,20H,12-13,15-16H2,1-4H3/t20-/m1/s1. The highest BCUT2D eigenvalue weighted by molar-refractivity contribution is 5.63. The number of likely N-dealkylation sites (N-methyl/N-ethyl adjacent to an activating group) is 1. The lowest BCUT2D eigenvalue weighted by Gasteiger charge is -2.37. The summed E-state index contributed by atoms with van der Waals surface area (Å²) >= 11 is 0. The Bertz CT molecular complexity index is 944. The minimum absolute atomic E-state index is 0.586. The van der Waals surface area contributed by atoms with E-state index >= 15 is 0 Å². The molecule has 1 atom stereocenters. The molecule has 4 nitrogen and oxygen atoms in total. The molecule has 0 spiro atoms. The maximum Gasteiger partial charge on any atom is 0.0972 e. The van der Waals surface area contributed by atoms with Gasteiger partial charge in [0.25, 0.3) is 0 Å². The van der Waals surface area contributed by atoms with Crippen LogP contribution in [-0.2, 0) is 6.54 Å². The normalized spacial score (nSPS) is 18.5. The van der Waals surface area contributed by atoms with Gasteiger partial charge >= 0.3 is 0 Å². The molecule has 1 aromatic heterocycles. The summed E-state index contributed by atoms with van der Waals surface area (Å²) in [5.74, 6) is 0. The van der Waals surface area contributed by atoms with Crippen LogP contribution in [0.15, 0.2) is 54.7 Å². The Morgan fingerprint density at radius 2 is 1.82 bits per heavy atom. The Balaban J connectivity index is 1.72. The Labute approximate surface area is 168 Å². The van der Waals surface area contributed by atoms with Gasteiger partial charge in [0, 0.05) is 49.5 Å². The molecule has 0 amide bonds. The van der Waals surface area contributed by atoms with Gasteiger partial charge < -0.3 is 4.90 Å². The van der Waals surface area contributed by atoms with Gasteiger partial charge in [0.1, 0.15) is 0 Å². The zero-order valence-electron chi connectivity index (χ0n) is 17.4. The lowest BCUT2D eigenvalue weighted by atomic mass is 10.1. The first-order valence-corrected chi connectivity index (χ1v) is 10.2. The van der Waals surface area contributed by atoms with Crippen LogP contribution in [0.5, 0.6) is 0 Å². The monoisotopic (exact) mass is 374 g/mol. The van der Waals surface area contributed by atoms with E-state index in [2.05, 4.69) is 97.0 Å². The highest BCUT2D eigenvalue weighted by atomic mass is 15.3. The largest absolute Gasteiger partial charge is 0.301 e. The van der Waals surface area contributed by atoms with Gasteiger partial charge in [-0.15, -0.1) is 0 Å². The second-order valence-electron chi connectivity index (χ2n) is 8.17. The molecule has 4 rings (SSSR count). The molecule has 2 aromatic carbocycles. The SMILES string of the molecule is Cc1ccc(C)c(-n2cc(CN3CCN(C)[C@H](C)C3)c(-c3ccccc3)n2)c1. The fraction of sp³-hybridized carbons (Fsp3) is 0.375. The third kappa shape index (κ3) is 3.89. The number of aromatic nitrogens is 2. The van der Waals surface area contributed by atoms with Crippen molar-refractivity contribution in [3.63, 3.8) is 0 Å². The van der Waals surface area contributed by atoms with Gasteiger partial charge in [-0.05, 0) is 45.0 Å². The molecule has 0 unspecified atom stereocenters. The number of hydrogen-bond donors (Lipinski definition) is 0. The van der Waals surface area contributed by atoms with E-state index in [1.54, 1.807) is 0 Å². The summed E-state index contributed by atoms with van der Waals surface area (Å²) < 4.78 is 2.07. The first kappa shape index (κ1) is 18.9. The molecular formula is C24H30N4. The van der Waals surface area contributed by atoms with Gasteiger partial charge in [0.05, 0.1) is 11.4 Å². The average molecular weight is 375 g/mol. The molecule has 28 heavy (non-hydrogen) atoms. The van der Waals surface area contributed by atoms with Crippen LogP contribution in [0, 0.1) is 13.8 Å². The van der Waals surface area contributed by atoms with Crippen molar-refractivity contribution in [1.82, 2.24) is 19.6 Å². The van der Waals surface area contributed by atoms with Gasteiger partial charge in [0.15, 0.2) is 0 Å². The third-order valence-electron chi connectivity index (χ3n) is 5.89. The van der Waals surface area contributed by atoms with Crippen molar-refractivity contribution >= 4 is 0 Å². The van der Waals surface area contributed by atoms with E-state index in [4.69, 9.17) is 5.10 Å². The van der Waals surface area contributed by atoms with Gasteiger partial charge in [-0.25, -0.2) is 4.68 Å². The predicted molar refractivity (Wildman–Crippen MR) is 116 cm³/mol. The molecule has 0 N–H and O–H groups in total.